The summed E-state index contributed by atoms with van der Waals surface area (Å²) in [6, 6.07) is -0.819. The van der Waals surface area contributed by atoms with Crippen LogP contribution in [0, 0.1) is 5.92 Å². The molecule has 8 nitrogen and oxygen atoms in total. The minimum atomic E-state index is -1.20. The van der Waals surface area contributed by atoms with Crippen molar-refractivity contribution in [2.75, 3.05) is 19.8 Å². The van der Waals surface area contributed by atoms with Crippen LogP contribution in [0.4, 0.5) is 0 Å². The first-order valence-electron chi connectivity index (χ1n) is 8.47. The van der Waals surface area contributed by atoms with Gasteiger partial charge < -0.3 is 35.6 Å². The first kappa shape index (κ1) is 23.2. The summed E-state index contributed by atoms with van der Waals surface area (Å²) in [5.41, 5.74) is 0. The molecule has 0 aliphatic heterocycles. The lowest BCUT2D eigenvalue weighted by atomic mass is 9.97. The second-order valence-electron chi connectivity index (χ2n) is 6.05. The molecule has 0 saturated heterocycles. The molecule has 0 aliphatic carbocycles. The molecule has 6 N–H and O–H groups in total. The lowest BCUT2D eigenvalue weighted by Crippen LogP contribution is -2.51. The highest BCUT2D eigenvalue weighted by Gasteiger charge is 2.28. The summed E-state index contributed by atoms with van der Waals surface area (Å²) < 4.78 is 5.54. The number of aliphatic hydroxyl groups excluding tert-OH is 5. The lowest BCUT2D eigenvalue weighted by Gasteiger charge is -2.29. The van der Waals surface area contributed by atoms with Crippen LogP contribution >= 0.6 is 0 Å². The number of hydrogen-bond acceptors (Lipinski definition) is 7. The molecule has 0 fully saturated rings. The van der Waals surface area contributed by atoms with E-state index in [2.05, 4.69) is 5.32 Å². The Morgan fingerprint density at radius 2 is 1.75 bits per heavy atom. The smallest absolute Gasteiger partial charge is 0.220 e. The van der Waals surface area contributed by atoms with E-state index < -0.39 is 36.4 Å². The molecule has 0 aromatic rings. The first-order valence-corrected chi connectivity index (χ1v) is 8.47. The van der Waals surface area contributed by atoms with Gasteiger partial charge in [0.2, 0.25) is 5.91 Å². The Morgan fingerprint density at radius 3 is 2.17 bits per heavy atom. The Bertz CT molecular complexity index is 340. The third kappa shape index (κ3) is 8.36. The Hall–Kier alpha value is -0.770. The molecule has 144 valence electrons. The summed E-state index contributed by atoms with van der Waals surface area (Å²) >= 11 is 0. The van der Waals surface area contributed by atoms with E-state index in [0.717, 1.165) is 0 Å². The largest absolute Gasteiger partial charge is 0.396 e. The fourth-order valence-corrected chi connectivity index (χ4v) is 2.24. The van der Waals surface area contributed by atoms with Crippen LogP contribution in [0.25, 0.3) is 0 Å². The molecule has 0 saturated carbocycles. The summed E-state index contributed by atoms with van der Waals surface area (Å²) in [4.78, 5) is 11.6. The van der Waals surface area contributed by atoms with Crippen molar-refractivity contribution >= 4 is 5.91 Å². The van der Waals surface area contributed by atoms with Crippen molar-refractivity contribution in [3.8, 4) is 0 Å². The number of ether oxygens (including phenoxy) is 1. The van der Waals surface area contributed by atoms with E-state index in [9.17, 15) is 30.3 Å². The molecule has 0 heterocycles. The molecular weight excluding hydrogens is 318 g/mol. The highest BCUT2D eigenvalue weighted by molar-refractivity contribution is 5.75. The molecule has 1 amide bonds. The third-order valence-corrected chi connectivity index (χ3v) is 4.09. The van der Waals surface area contributed by atoms with Gasteiger partial charge in [-0.05, 0) is 19.8 Å². The average molecular weight is 351 g/mol. The second kappa shape index (κ2) is 12.6. The number of carbonyl (C=O) groups is 1. The molecule has 6 atom stereocenters. The number of aliphatic hydroxyl groups is 5. The van der Waals surface area contributed by atoms with Gasteiger partial charge in [0.05, 0.1) is 37.6 Å². The Kier molecular flexibility index (Phi) is 12.2. The van der Waals surface area contributed by atoms with Gasteiger partial charge in [-0.15, -0.1) is 0 Å². The van der Waals surface area contributed by atoms with Crippen LogP contribution in [0.5, 0.6) is 0 Å². The van der Waals surface area contributed by atoms with Crippen molar-refractivity contribution < 1.29 is 35.1 Å². The van der Waals surface area contributed by atoms with Gasteiger partial charge >= 0.3 is 0 Å². The molecule has 0 bridgehead atoms. The van der Waals surface area contributed by atoms with Gasteiger partial charge in [-0.1, -0.05) is 13.8 Å². The standard InChI is InChI=1S/C16H33NO7/c1-4-14(21)16(23)13(17-15(22)5-2)9-24-12(8-19)6-11(7-18)10(3)20/h10-14,16,18-21,23H,4-9H2,1-3H3,(H,17,22)/t10?,11?,12-,13-,14+,16-/m0/s1. The van der Waals surface area contributed by atoms with Crippen LogP contribution in [0.15, 0.2) is 0 Å². The van der Waals surface area contributed by atoms with Crippen molar-refractivity contribution in [2.45, 2.75) is 70.5 Å². The van der Waals surface area contributed by atoms with Crippen LogP contribution in [-0.2, 0) is 9.53 Å². The van der Waals surface area contributed by atoms with Crippen LogP contribution in [0.3, 0.4) is 0 Å². The van der Waals surface area contributed by atoms with Crippen LogP contribution < -0.4 is 5.32 Å². The van der Waals surface area contributed by atoms with E-state index in [4.69, 9.17) is 4.74 Å². The zero-order valence-corrected chi connectivity index (χ0v) is 14.8. The minimum absolute atomic E-state index is 0.104. The molecule has 0 spiro atoms. The molecule has 0 radical (unpaired) electrons. The van der Waals surface area contributed by atoms with Gasteiger partial charge in [-0.2, -0.15) is 0 Å². The van der Waals surface area contributed by atoms with Gasteiger partial charge in [-0.25, -0.2) is 0 Å². The quantitative estimate of drug-likeness (QED) is 0.244. The SMILES string of the molecule is CCC(=O)N[C@@H](CO[C@H](CO)CC(CO)C(C)O)[C@H](O)[C@H](O)CC. The second-order valence-corrected chi connectivity index (χ2v) is 6.05. The molecule has 0 aromatic heterocycles. The normalized spacial score (nSPS) is 19.2. The minimum Gasteiger partial charge on any atom is -0.396 e. The van der Waals surface area contributed by atoms with E-state index in [-0.39, 0.29) is 38.6 Å². The summed E-state index contributed by atoms with van der Waals surface area (Å²) in [6.45, 7) is 4.24. The fraction of sp³-hybridized carbons (Fsp3) is 0.938. The maximum absolute atomic E-state index is 11.6. The summed E-state index contributed by atoms with van der Waals surface area (Å²) in [6.07, 6.45) is -2.85. The summed E-state index contributed by atoms with van der Waals surface area (Å²) in [7, 11) is 0. The van der Waals surface area contributed by atoms with Crippen molar-refractivity contribution in [1.82, 2.24) is 5.32 Å². The highest BCUT2D eigenvalue weighted by atomic mass is 16.5. The first-order chi connectivity index (χ1) is 11.3. The van der Waals surface area contributed by atoms with E-state index in [0.29, 0.717) is 6.42 Å². The topological polar surface area (TPSA) is 139 Å². The van der Waals surface area contributed by atoms with Gasteiger partial charge in [-0.3, -0.25) is 4.79 Å². The fourth-order valence-electron chi connectivity index (χ4n) is 2.24. The van der Waals surface area contributed by atoms with Gasteiger partial charge in [0.25, 0.3) is 0 Å². The Balaban J connectivity index is 4.77. The highest BCUT2D eigenvalue weighted by Crippen LogP contribution is 2.14. The number of rotatable bonds is 13. The van der Waals surface area contributed by atoms with Crippen LogP contribution in [-0.4, -0.2) is 81.7 Å². The number of carbonyl (C=O) groups excluding carboxylic acids is 1. The molecular formula is C16H33NO7. The van der Waals surface area contributed by atoms with E-state index in [1.54, 1.807) is 20.8 Å². The molecule has 24 heavy (non-hydrogen) atoms. The molecule has 8 heteroatoms. The van der Waals surface area contributed by atoms with Crippen molar-refractivity contribution in [1.29, 1.82) is 0 Å². The molecule has 0 aromatic carbocycles. The number of amides is 1. The van der Waals surface area contributed by atoms with E-state index >= 15 is 0 Å². The van der Waals surface area contributed by atoms with Gasteiger partial charge in [0.15, 0.2) is 0 Å². The molecule has 0 aliphatic rings. The zero-order valence-electron chi connectivity index (χ0n) is 14.8. The monoisotopic (exact) mass is 351 g/mol. The summed E-state index contributed by atoms with van der Waals surface area (Å²) in [5.74, 6) is -0.735. The van der Waals surface area contributed by atoms with Gasteiger partial charge in [0.1, 0.15) is 6.10 Å². The summed E-state index contributed by atoms with van der Waals surface area (Å²) in [5, 5.41) is 50.7. The Labute approximate surface area is 143 Å². The van der Waals surface area contributed by atoms with Gasteiger partial charge in [0, 0.05) is 18.9 Å². The third-order valence-electron chi connectivity index (χ3n) is 4.09. The van der Waals surface area contributed by atoms with E-state index in [1.807, 2.05) is 0 Å². The van der Waals surface area contributed by atoms with Crippen LogP contribution in [0.1, 0.15) is 40.0 Å². The predicted molar refractivity (Wildman–Crippen MR) is 88.2 cm³/mol. The van der Waals surface area contributed by atoms with Crippen molar-refractivity contribution in [2.24, 2.45) is 5.92 Å². The molecule has 2 unspecified atom stereocenters. The number of nitrogens with one attached hydrogen (secondary N) is 1. The number of hydrogen-bond donors (Lipinski definition) is 6. The maximum atomic E-state index is 11.6. The maximum Gasteiger partial charge on any atom is 0.220 e. The average Bonchev–Trinajstić information content (AvgIpc) is 2.58. The Morgan fingerprint density at radius 1 is 1.12 bits per heavy atom. The van der Waals surface area contributed by atoms with Crippen LogP contribution in [0.2, 0.25) is 0 Å². The van der Waals surface area contributed by atoms with E-state index in [1.165, 1.54) is 0 Å². The predicted octanol–water partition coefficient (Wildman–Crippen LogP) is -1.23. The van der Waals surface area contributed by atoms with Crippen molar-refractivity contribution in [3.05, 3.63) is 0 Å². The lowest BCUT2D eigenvalue weighted by molar-refractivity contribution is -0.125. The van der Waals surface area contributed by atoms with Crippen molar-refractivity contribution in [3.63, 3.8) is 0 Å². The zero-order chi connectivity index (χ0) is 18.7. The molecule has 0 rings (SSSR count).